The van der Waals surface area contributed by atoms with Gasteiger partial charge in [0.25, 0.3) is 0 Å². The number of ether oxygens (including phenoxy) is 1. The molecule has 0 aliphatic carbocycles. The van der Waals surface area contributed by atoms with Gasteiger partial charge < -0.3 is 15.0 Å². The lowest BCUT2D eigenvalue weighted by atomic mass is 9.99. The topological polar surface area (TPSA) is 36.9 Å². The molecule has 1 saturated heterocycles. The van der Waals surface area contributed by atoms with Gasteiger partial charge in [0.05, 0.1) is 6.54 Å². The summed E-state index contributed by atoms with van der Waals surface area (Å²) in [5, 5.41) is 3.36. The first-order valence-electron chi connectivity index (χ1n) is 9.04. The average Bonchev–Trinajstić information content (AvgIpc) is 2.59. The molecule has 26 heavy (non-hydrogen) atoms. The Balaban J connectivity index is 0.00000338. The molecule has 0 spiro atoms. The molecule has 0 radical (unpaired) electrons. The lowest BCUT2D eigenvalue weighted by Crippen LogP contribution is -2.41. The fourth-order valence-electron chi connectivity index (χ4n) is 3.07. The van der Waals surface area contributed by atoms with Crippen LogP contribution in [-0.2, 0) is 11.3 Å². The van der Waals surface area contributed by atoms with Crippen LogP contribution in [0.1, 0.15) is 32.3 Å². The maximum absolute atomic E-state index is 13.4. The molecule has 1 fully saturated rings. The molecule has 1 aliphatic heterocycles. The molecule has 0 aromatic heterocycles. The van der Waals surface area contributed by atoms with Crippen LogP contribution >= 0.6 is 35.7 Å². The number of guanidine groups is 1. The van der Waals surface area contributed by atoms with E-state index in [2.05, 4.69) is 24.1 Å². The van der Waals surface area contributed by atoms with E-state index in [-0.39, 0.29) is 34.5 Å². The number of benzene rings is 1. The zero-order chi connectivity index (χ0) is 18.1. The highest BCUT2D eigenvalue weighted by Crippen LogP contribution is 2.35. The molecule has 1 aliphatic rings. The van der Waals surface area contributed by atoms with Crippen molar-refractivity contribution in [2.45, 2.75) is 38.0 Å². The Morgan fingerprint density at radius 1 is 1.35 bits per heavy atom. The molecule has 4 nitrogen and oxygen atoms in total. The number of nitrogens with zero attached hydrogens (tertiary/aromatic N) is 2. The van der Waals surface area contributed by atoms with E-state index in [1.807, 2.05) is 24.9 Å². The molecule has 7 heteroatoms. The molecule has 0 atom stereocenters. The van der Waals surface area contributed by atoms with Gasteiger partial charge in [-0.1, -0.05) is 19.1 Å². The molecule has 0 unspecified atom stereocenters. The lowest BCUT2D eigenvalue weighted by molar-refractivity contribution is 0.0793. The number of hydrogen-bond donors (Lipinski definition) is 1. The number of nitrogens with one attached hydrogen (secondary N) is 1. The molecule has 1 heterocycles. The van der Waals surface area contributed by atoms with Crippen molar-refractivity contribution in [1.29, 1.82) is 0 Å². The fourth-order valence-corrected chi connectivity index (χ4v) is 4.29. The normalized spacial score (nSPS) is 16.7. The van der Waals surface area contributed by atoms with Crippen molar-refractivity contribution in [3.63, 3.8) is 0 Å². The SMILES string of the molecule is CCNC(=NCC1(SCC)CCOCC1)N(C)Cc1cccc(F)c1.I. The van der Waals surface area contributed by atoms with Crippen LogP contribution in [-0.4, -0.2) is 54.7 Å². The fraction of sp³-hybridized carbons (Fsp3) is 0.632. The second kappa shape index (κ2) is 12.0. The number of rotatable bonds is 7. The summed E-state index contributed by atoms with van der Waals surface area (Å²) >= 11 is 1.99. The summed E-state index contributed by atoms with van der Waals surface area (Å²) in [4.78, 5) is 6.97. The molecule has 148 valence electrons. The first kappa shape index (κ1) is 23.5. The molecular weight excluding hydrogens is 464 g/mol. The monoisotopic (exact) mass is 495 g/mol. The Morgan fingerprint density at radius 3 is 2.69 bits per heavy atom. The van der Waals surface area contributed by atoms with E-state index in [1.54, 1.807) is 12.1 Å². The average molecular weight is 495 g/mol. The van der Waals surface area contributed by atoms with Gasteiger partial charge in [-0.05, 0) is 43.2 Å². The minimum Gasteiger partial charge on any atom is -0.381 e. The van der Waals surface area contributed by atoms with Gasteiger partial charge in [-0.2, -0.15) is 11.8 Å². The highest BCUT2D eigenvalue weighted by atomic mass is 127. The van der Waals surface area contributed by atoms with Crippen LogP contribution in [0.5, 0.6) is 0 Å². The van der Waals surface area contributed by atoms with Gasteiger partial charge in [0.15, 0.2) is 5.96 Å². The van der Waals surface area contributed by atoms with Gasteiger partial charge in [-0.3, -0.25) is 4.99 Å². The van der Waals surface area contributed by atoms with E-state index in [1.165, 1.54) is 6.07 Å². The Kier molecular flexibility index (Phi) is 10.9. The zero-order valence-corrected chi connectivity index (χ0v) is 19.1. The predicted octanol–water partition coefficient (Wildman–Crippen LogP) is 4.14. The Morgan fingerprint density at radius 2 is 2.08 bits per heavy atom. The number of aliphatic imine (C=N–C) groups is 1. The minimum atomic E-state index is -0.201. The molecule has 1 N–H and O–H groups in total. The van der Waals surface area contributed by atoms with Crippen molar-refractivity contribution in [2.75, 3.05) is 39.1 Å². The summed E-state index contributed by atoms with van der Waals surface area (Å²) < 4.78 is 19.1. The van der Waals surface area contributed by atoms with Gasteiger partial charge in [0.1, 0.15) is 5.82 Å². The smallest absolute Gasteiger partial charge is 0.194 e. The predicted molar refractivity (Wildman–Crippen MR) is 120 cm³/mol. The maximum atomic E-state index is 13.4. The van der Waals surface area contributed by atoms with Crippen LogP contribution in [0.3, 0.4) is 0 Å². The van der Waals surface area contributed by atoms with Gasteiger partial charge in [0, 0.05) is 38.1 Å². The largest absolute Gasteiger partial charge is 0.381 e. The second-order valence-electron chi connectivity index (χ2n) is 6.38. The summed E-state index contributed by atoms with van der Waals surface area (Å²) in [7, 11) is 2.00. The quantitative estimate of drug-likeness (QED) is 0.351. The van der Waals surface area contributed by atoms with Crippen molar-refractivity contribution >= 4 is 41.7 Å². The molecule has 0 amide bonds. The van der Waals surface area contributed by atoms with Crippen molar-refractivity contribution in [3.8, 4) is 0 Å². The van der Waals surface area contributed by atoms with E-state index in [0.29, 0.717) is 6.54 Å². The van der Waals surface area contributed by atoms with Crippen molar-refractivity contribution in [1.82, 2.24) is 10.2 Å². The van der Waals surface area contributed by atoms with Crippen LogP contribution in [0, 0.1) is 5.82 Å². The highest BCUT2D eigenvalue weighted by Gasteiger charge is 2.32. The molecule has 1 aromatic rings. The van der Waals surface area contributed by atoms with Crippen molar-refractivity contribution < 1.29 is 9.13 Å². The van der Waals surface area contributed by atoms with Gasteiger partial charge in [-0.15, -0.1) is 24.0 Å². The van der Waals surface area contributed by atoms with E-state index in [9.17, 15) is 4.39 Å². The third-order valence-electron chi connectivity index (χ3n) is 4.38. The Hall–Kier alpha value is -0.540. The number of hydrogen-bond acceptors (Lipinski definition) is 3. The number of halogens is 2. The highest BCUT2D eigenvalue weighted by molar-refractivity contribution is 14.0. The van der Waals surface area contributed by atoms with E-state index < -0.39 is 0 Å². The second-order valence-corrected chi connectivity index (χ2v) is 8.12. The third kappa shape index (κ3) is 7.23. The van der Waals surface area contributed by atoms with Crippen LogP contribution in [0.15, 0.2) is 29.3 Å². The molecule has 2 rings (SSSR count). The van der Waals surface area contributed by atoms with E-state index >= 15 is 0 Å². The lowest BCUT2D eigenvalue weighted by Gasteiger charge is -2.35. The first-order chi connectivity index (χ1) is 12.1. The molecule has 0 saturated carbocycles. The van der Waals surface area contributed by atoms with Gasteiger partial charge >= 0.3 is 0 Å². The van der Waals surface area contributed by atoms with Crippen LogP contribution < -0.4 is 5.32 Å². The molecular formula is C19H31FIN3OS. The summed E-state index contributed by atoms with van der Waals surface area (Å²) in [6.07, 6.45) is 2.09. The maximum Gasteiger partial charge on any atom is 0.194 e. The van der Waals surface area contributed by atoms with Crippen LogP contribution in [0.2, 0.25) is 0 Å². The summed E-state index contributed by atoms with van der Waals surface area (Å²) in [6, 6.07) is 6.74. The zero-order valence-electron chi connectivity index (χ0n) is 16.0. The van der Waals surface area contributed by atoms with Gasteiger partial charge in [0.2, 0.25) is 0 Å². The summed E-state index contributed by atoms with van der Waals surface area (Å²) in [5.41, 5.74) is 0.941. The molecule has 0 bridgehead atoms. The van der Waals surface area contributed by atoms with E-state index in [4.69, 9.17) is 9.73 Å². The molecule has 1 aromatic carbocycles. The van der Waals surface area contributed by atoms with Crippen molar-refractivity contribution in [2.24, 2.45) is 4.99 Å². The first-order valence-corrected chi connectivity index (χ1v) is 10.0. The Labute approximate surface area is 178 Å². The Bertz CT molecular complexity index is 562. The van der Waals surface area contributed by atoms with Gasteiger partial charge in [-0.25, -0.2) is 4.39 Å². The number of thioether (sulfide) groups is 1. The summed E-state index contributed by atoms with van der Waals surface area (Å²) in [6.45, 7) is 8.12. The van der Waals surface area contributed by atoms with Crippen molar-refractivity contribution in [3.05, 3.63) is 35.6 Å². The third-order valence-corrected chi connectivity index (χ3v) is 5.82. The summed E-state index contributed by atoms with van der Waals surface area (Å²) in [5.74, 6) is 1.76. The van der Waals surface area contributed by atoms with E-state index in [0.717, 1.165) is 56.4 Å². The van der Waals surface area contributed by atoms with Crippen LogP contribution in [0.4, 0.5) is 4.39 Å². The minimum absolute atomic E-state index is 0. The van der Waals surface area contributed by atoms with Crippen LogP contribution in [0.25, 0.3) is 0 Å². The standard InChI is InChI=1S/C19H30FN3OS.HI/c1-4-21-18(23(3)14-16-7-6-8-17(20)13-16)22-15-19(25-5-2)9-11-24-12-10-19;/h6-8,13H,4-5,9-12,14-15H2,1-3H3,(H,21,22);1H.